The van der Waals surface area contributed by atoms with Gasteiger partial charge in [0, 0.05) is 6.54 Å². The van der Waals surface area contributed by atoms with Gasteiger partial charge in [-0.15, -0.1) is 0 Å². The van der Waals surface area contributed by atoms with Crippen LogP contribution in [0, 0.1) is 0 Å². The van der Waals surface area contributed by atoms with Crippen LogP contribution in [0.2, 0.25) is 0 Å². The number of carbonyl (C=O) groups excluding carboxylic acids is 1. The monoisotopic (exact) mass is 502 g/mol. The Morgan fingerprint density at radius 2 is 2.24 bits per heavy atom. The van der Waals surface area contributed by atoms with Gasteiger partial charge in [-0.3, -0.25) is 18.4 Å². The van der Waals surface area contributed by atoms with Crippen molar-refractivity contribution in [2.45, 2.75) is 64.3 Å². The lowest BCUT2D eigenvalue weighted by atomic mass is 9.98. The number of carbonyl (C=O) groups is 1. The SMILES string of the molecule is CCOc1nc(N)nc2c1ncn2C1OC2COP(=O)(NCCC(=O)OC(C)C)OC2C1(C)F. The normalized spacial score (nSPS) is 31.1. The zero-order chi connectivity index (χ0) is 24.7. The Hall–Kier alpha value is -2.38. The van der Waals surface area contributed by atoms with E-state index in [2.05, 4.69) is 20.0 Å². The molecule has 34 heavy (non-hydrogen) atoms. The van der Waals surface area contributed by atoms with Gasteiger partial charge in [0.15, 0.2) is 23.1 Å². The van der Waals surface area contributed by atoms with Crippen molar-refractivity contribution < 1.29 is 37.0 Å². The second kappa shape index (κ2) is 9.34. The molecule has 2 saturated heterocycles. The summed E-state index contributed by atoms with van der Waals surface area (Å²) in [5.74, 6) is -0.370. The van der Waals surface area contributed by atoms with Crippen LogP contribution in [-0.2, 0) is 27.9 Å². The maximum Gasteiger partial charge on any atom is 0.406 e. The molecule has 188 valence electrons. The zero-order valence-corrected chi connectivity index (χ0v) is 20.2. The number of alkyl halides is 1. The van der Waals surface area contributed by atoms with Crippen LogP contribution in [0.4, 0.5) is 10.3 Å². The number of rotatable bonds is 8. The molecule has 0 spiro atoms. The van der Waals surface area contributed by atoms with Gasteiger partial charge in [-0.1, -0.05) is 0 Å². The minimum absolute atomic E-state index is 0.0317. The lowest BCUT2D eigenvalue weighted by molar-refractivity contribution is -0.147. The lowest BCUT2D eigenvalue weighted by Gasteiger charge is -2.34. The van der Waals surface area contributed by atoms with Crippen molar-refractivity contribution in [3.8, 4) is 5.88 Å². The number of nitrogen functional groups attached to an aromatic ring is 1. The summed E-state index contributed by atoms with van der Waals surface area (Å²) in [4.78, 5) is 24.1. The van der Waals surface area contributed by atoms with Gasteiger partial charge in [0.1, 0.15) is 12.2 Å². The van der Waals surface area contributed by atoms with Crippen molar-refractivity contribution in [2.24, 2.45) is 0 Å². The number of esters is 1. The van der Waals surface area contributed by atoms with Crippen LogP contribution in [0.1, 0.15) is 40.3 Å². The Morgan fingerprint density at radius 1 is 1.47 bits per heavy atom. The Balaban J connectivity index is 1.51. The number of anilines is 1. The summed E-state index contributed by atoms with van der Waals surface area (Å²) in [6.07, 6.45) is -2.28. The Bertz CT molecular complexity index is 1110. The molecule has 15 heteroatoms. The fraction of sp³-hybridized carbons (Fsp3) is 0.684. The minimum Gasteiger partial charge on any atom is -0.476 e. The molecule has 4 rings (SSSR count). The molecule has 0 radical (unpaired) electrons. The highest BCUT2D eigenvalue weighted by Crippen LogP contribution is 2.56. The van der Waals surface area contributed by atoms with Crippen molar-refractivity contribution >= 4 is 30.8 Å². The summed E-state index contributed by atoms with van der Waals surface area (Å²) in [6.45, 7) is 6.61. The van der Waals surface area contributed by atoms with Gasteiger partial charge in [0.25, 0.3) is 0 Å². The van der Waals surface area contributed by atoms with E-state index in [0.29, 0.717) is 12.1 Å². The number of hydrogen-bond donors (Lipinski definition) is 2. The molecular formula is C19H28FN6O7P. The second-order valence-corrected chi connectivity index (χ2v) is 10.1. The highest BCUT2D eigenvalue weighted by molar-refractivity contribution is 7.51. The standard InChI is InChI=1S/C19H28FN6O7P/c1-5-29-16-13-15(24-18(21)25-16)26(9-22-13)17-19(4,20)14-11(32-17)8-30-34(28,33-14)23-7-6-12(27)31-10(2)3/h9-11,14,17H,5-8H2,1-4H3,(H,23,28)(H2,21,24,25). The molecule has 0 bridgehead atoms. The third-order valence-corrected chi connectivity index (χ3v) is 6.89. The number of hydrogen-bond acceptors (Lipinski definition) is 11. The third-order valence-electron chi connectivity index (χ3n) is 5.28. The highest BCUT2D eigenvalue weighted by Gasteiger charge is 2.61. The Morgan fingerprint density at radius 3 is 2.94 bits per heavy atom. The van der Waals surface area contributed by atoms with Crippen LogP contribution in [0.3, 0.4) is 0 Å². The largest absolute Gasteiger partial charge is 0.476 e. The average molecular weight is 502 g/mol. The molecule has 3 N–H and O–H groups in total. The predicted molar refractivity (Wildman–Crippen MR) is 117 cm³/mol. The van der Waals surface area contributed by atoms with Gasteiger partial charge in [0.05, 0.1) is 32.1 Å². The molecule has 4 heterocycles. The van der Waals surface area contributed by atoms with Crippen molar-refractivity contribution in [2.75, 3.05) is 25.5 Å². The van der Waals surface area contributed by atoms with Gasteiger partial charge >= 0.3 is 13.7 Å². The number of nitrogens with one attached hydrogen (secondary N) is 1. The summed E-state index contributed by atoms with van der Waals surface area (Å²) in [7, 11) is -3.90. The first-order valence-corrected chi connectivity index (χ1v) is 12.4. The molecule has 0 aromatic carbocycles. The predicted octanol–water partition coefficient (Wildman–Crippen LogP) is 1.89. The summed E-state index contributed by atoms with van der Waals surface area (Å²) >= 11 is 0. The molecule has 2 aliphatic heterocycles. The number of imidazole rings is 1. The van der Waals surface area contributed by atoms with Gasteiger partial charge in [-0.25, -0.2) is 19.0 Å². The van der Waals surface area contributed by atoms with Crippen LogP contribution in [0.5, 0.6) is 5.88 Å². The average Bonchev–Trinajstić information content (AvgIpc) is 3.26. The van der Waals surface area contributed by atoms with E-state index in [1.54, 1.807) is 20.8 Å². The van der Waals surface area contributed by atoms with E-state index in [9.17, 15) is 9.36 Å². The lowest BCUT2D eigenvalue weighted by Crippen LogP contribution is -2.46. The van der Waals surface area contributed by atoms with E-state index in [-0.39, 0.29) is 43.2 Å². The number of halogens is 1. The number of ether oxygens (including phenoxy) is 3. The zero-order valence-electron chi connectivity index (χ0n) is 19.3. The van der Waals surface area contributed by atoms with Gasteiger partial charge in [-0.2, -0.15) is 9.97 Å². The summed E-state index contributed by atoms with van der Waals surface area (Å²) in [5, 5.41) is 2.58. The van der Waals surface area contributed by atoms with Crippen LogP contribution < -0.4 is 15.6 Å². The maximum atomic E-state index is 16.1. The van der Waals surface area contributed by atoms with Gasteiger partial charge < -0.3 is 19.9 Å². The van der Waals surface area contributed by atoms with E-state index in [0.717, 1.165) is 0 Å². The first-order valence-electron chi connectivity index (χ1n) is 10.9. The van der Waals surface area contributed by atoms with Crippen LogP contribution in [-0.4, -0.2) is 69.2 Å². The van der Waals surface area contributed by atoms with Gasteiger partial charge in [-0.05, 0) is 27.7 Å². The quantitative estimate of drug-likeness (QED) is 0.399. The fourth-order valence-electron chi connectivity index (χ4n) is 3.88. The number of fused-ring (bicyclic) bond motifs is 2. The fourth-order valence-corrected chi connectivity index (χ4v) is 5.47. The summed E-state index contributed by atoms with van der Waals surface area (Å²) < 4.78 is 57.8. The van der Waals surface area contributed by atoms with Gasteiger partial charge in [0.2, 0.25) is 11.8 Å². The third kappa shape index (κ3) is 4.73. The molecule has 0 saturated carbocycles. The first kappa shape index (κ1) is 24.7. The molecular weight excluding hydrogens is 474 g/mol. The number of nitrogens with zero attached hydrogens (tertiary/aromatic N) is 4. The van der Waals surface area contributed by atoms with E-state index >= 15 is 4.39 Å². The molecule has 5 unspecified atom stereocenters. The number of nitrogens with two attached hydrogens (primary N) is 1. The number of aromatic nitrogens is 4. The summed E-state index contributed by atoms with van der Waals surface area (Å²) in [5.41, 5.74) is 4.16. The maximum absolute atomic E-state index is 16.1. The van der Waals surface area contributed by atoms with Crippen molar-refractivity contribution in [1.29, 1.82) is 0 Å². The van der Waals surface area contributed by atoms with Crippen molar-refractivity contribution in [3.63, 3.8) is 0 Å². The molecule has 2 fully saturated rings. The Labute approximate surface area is 195 Å². The topological polar surface area (TPSA) is 162 Å². The van der Waals surface area contributed by atoms with E-state index < -0.39 is 37.8 Å². The van der Waals surface area contributed by atoms with Crippen LogP contribution >= 0.6 is 7.75 Å². The second-order valence-electron chi connectivity index (χ2n) is 8.34. The highest BCUT2D eigenvalue weighted by atomic mass is 31.2. The van der Waals surface area contributed by atoms with Crippen molar-refractivity contribution in [3.05, 3.63) is 6.33 Å². The smallest absolute Gasteiger partial charge is 0.406 e. The molecule has 0 amide bonds. The van der Waals surface area contributed by atoms with Crippen molar-refractivity contribution in [1.82, 2.24) is 24.6 Å². The van der Waals surface area contributed by atoms with Crippen LogP contribution in [0.15, 0.2) is 6.33 Å². The first-order chi connectivity index (χ1) is 16.0. The molecule has 2 aromatic rings. The Kier molecular flexibility index (Phi) is 6.80. The van der Waals surface area contributed by atoms with E-state index in [1.165, 1.54) is 17.8 Å². The molecule has 2 aliphatic rings. The van der Waals surface area contributed by atoms with E-state index in [4.69, 9.17) is 29.0 Å². The van der Waals surface area contributed by atoms with E-state index in [1.807, 2.05) is 0 Å². The molecule has 5 atom stereocenters. The molecule has 2 aromatic heterocycles. The van der Waals surface area contributed by atoms with Crippen LogP contribution in [0.25, 0.3) is 11.2 Å². The molecule has 0 aliphatic carbocycles. The minimum atomic E-state index is -3.90. The molecule has 13 nitrogen and oxygen atoms in total. The summed E-state index contributed by atoms with van der Waals surface area (Å²) in [6, 6.07) is 0.